The van der Waals surface area contributed by atoms with Crippen LogP contribution in [0.3, 0.4) is 0 Å². The van der Waals surface area contributed by atoms with Crippen molar-refractivity contribution in [1.29, 1.82) is 0 Å². The lowest BCUT2D eigenvalue weighted by Gasteiger charge is -2.17. The maximum Gasteiger partial charge on any atom is 0.270 e. The van der Waals surface area contributed by atoms with E-state index in [1.807, 2.05) is 0 Å². The number of carbonyl (C=O) groups is 1. The Morgan fingerprint density at radius 3 is 2.62 bits per heavy atom. The fourth-order valence-corrected chi connectivity index (χ4v) is 2.38. The van der Waals surface area contributed by atoms with Gasteiger partial charge in [0.1, 0.15) is 0 Å². The minimum atomic E-state index is -0.531. The summed E-state index contributed by atoms with van der Waals surface area (Å²) in [5.41, 5.74) is 1.17. The van der Waals surface area contributed by atoms with Crippen LogP contribution in [0, 0.1) is 10.1 Å². The molecule has 0 saturated carbocycles. The molecule has 8 nitrogen and oxygen atoms in total. The Hall–Kier alpha value is -3.29. The van der Waals surface area contributed by atoms with Crippen molar-refractivity contribution in [2.75, 3.05) is 31.1 Å². The number of carbonyl (C=O) groups excluding carboxylic acids is 1. The molecule has 2 aromatic carbocycles. The zero-order valence-electron chi connectivity index (χ0n) is 13.1. The zero-order valence-corrected chi connectivity index (χ0v) is 13.1. The molecule has 1 heterocycles. The van der Waals surface area contributed by atoms with Crippen molar-refractivity contribution >= 4 is 23.0 Å². The molecule has 0 atom stereocenters. The molecule has 1 N–H and O–H groups in total. The fraction of sp³-hybridized carbons (Fsp3) is 0.188. The molecule has 8 heteroatoms. The van der Waals surface area contributed by atoms with E-state index in [4.69, 9.17) is 9.47 Å². The number of fused-ring (bicyclic) bond motifs is 1. The van der Waals surface area contributed by atoms with Gasteiger partial charge in [-0.1, -0.05) is 0 Å². The van der Waals surface area contributed by atoms with Gasteiger partial charge in [0.25, 0.3) is 11.6 Å². The summed E-state index contributed by atoms with van der Waals surface area (Å²) in [6, 6.07) is 9.19. The number of nitro benzene ring substituents is 1. The second-order valence-electron chi connectivity index (χ2n) is 5.38. The van der Waals surface area contributed by atoms with E-state index < -0.39 is 10.8 Å². The van der Waals surface area contributed by atoms with Crippen molar-refractivity contribution in [3.63, 3.8) is 0 Å². The second kappa shape index (κ2) is 6.07. The van der Waals surface area contributed by atoms with Crippen LogP contribution in [0.4, 0.5) is 17.1 Å². The number of benzene rings is 2. The van der Waals surface area contributed by atoms with Crippen LogP contribution in [0.2, 0.25) is 0 Å². The molecule has 0 fully saturated rings. The van der Waals surface area contributed by atoms with Gasteiger partial charge in [0.05, 0.1) is 10.5 Å². The first-order chi connectivity index (χ1) is 11.5. The van der Waals surface area contributed by atoms with Crippen molar-refractivity contribution in [3.05, 3.63) is 52.1 Å². The summed E-state index contributed by atoms with van der Waals surface area (Å²) in [5.74, 6) is 0.707. The number of nitro groups is 1. The SMILES string of the molecule is CN(C)c1ccc([N+](=O)[O-])cc1C(=O)Nc1ccc2c(c1)OCO2. The third kappa shape index (κ3) is 2.94. The minimum Gasteiger partial charge on any atom is -0.454 e. The summed E-state index contributed by atoms with van der Waals surface area (Å²) in [7, 11) is 3.52. The van der Waals surface area contributed by atoms with E-state index in [9.17, 15) is 14.9 Å². The normalized spacial score (nSPS) is 11.9. The van der Waals surface area contributed by atoms with Crippen LogP contribution >= 0.6 is 0 Å². The molecule has 0 aliphatic carbocycles. The van der Waals surface area contributed by atoms with E-state index in [0.717, 1.165) is 0 Å². The van der Waals surface area contributed by atoms with Crippen LogP contribution in [0.25, 0.3) is 0 Å². The zero-order chi connectivity index (χ0) is 17.3. The lowest BCUT2D eigenvalue weighted by Crippen LogP contribution is -2.18. The third-order valence-electron chi connectivity index (χ3n) is 3.55. The van der Waals surface area contributed by atoms with Gasteiger partial charge >= 0.3 is 0 Å². The van der Waals surface area contributed by atoms with Crippen LogP contribution in [-0.4, -0.2) is 31.7 Å². The average molecular weight is 329 g/mol. The molecule has 0 unspecified atom stereocenters. The number of ether oxygens (including phenoxy) is 2. The number of hydrogen-bond donors (Lipinski definition) is 1. The number of nitrogens with one attached hydrogen (secondary N) is 1. The molecule has 0 saturated heterocycles. The molecule has 1 aliphatic rings. The minimum absolute atomic E-state index is 0.141. The predicted octanol–water partition coefficient (Wildman–Crippen LogP) is 2.64. The third-order valence-corrected chi connectivity index (χ3v) is 3.55. The quantitative estimate of drug-likeness (QED) is 0.684. The number of non-ortho nitro benzene ring substituents is 1. The number of nitrogens with zero attached hydrogens (tertiary/aromatic N) is 2. The summed E-state index contributed by atoms with van der Waals surface area (Å²) in [4.78, 5) is 24.7. The van der Waals surface area contributed by atoms with Gasteiger partial charge in [-0.25, -0.2) is 0 Å². The fourth-order valence-electron chi connectivity index (χ4n) is 2.38. The molecule has 0 aromatic heterocycles. The number of rotatable bonds is 4. The monoisotopic (exact) mass is 329 g/mol. The Bertz CT molecular complexity index is 819. The van der Waals surface area contributed by atoms with Crippen LogP contribution in [0.5, 0.6) is 11.5 Å². The first-order valence-corrected chi connectivity index (χ1v) is 7.12. The maximum absolute atomic E-state index is 12.6. The summed E-state index contributed by atoms with van der Waals surface area (Å²) < 4.78 is 10.5. The van der Waals surface area contributed by atoms with Gasteiger partial charge in [0.15, 0.2) is 11.5 Å². The summed E-state index contributed by atoms with van der Waals surface area (Å²) in [6.45, 7) is 0.141. The largest absolute Gasteiger partial charge is 0.454 e. The van der Waals surface area contributed by atoms with E-state index in [1.165, 1.54) is 12.1 Å². The smallest absolute Gasteiger partial charge is 0.270 e. The van der Waals surface area contributed by atoms with Gasteiger partial charge in [-0.15, -0.1) is 0 Å². The van der Waals surface area contributed by atoms with Crippen molar-refractivity contribution < 1.29 is 19.2 Å². The van der Waals surface area contributed by atoms with Gasteiger partial charge in [-0.05, 0) is 18.2 Å². The summed E-state index contributed by atoms with van der Waals surface area (Å²) >= 11 is 0. The highest BCUT2D eigenvalue weighted by Gasteiger charge is 2.19. The van der Waals surface area contributed by atoms with Crippen LogP contribution in [0.1, 0.15) is 10.4 Å². The molecule has 3 rings (SSSR count). The topological polar surface area (TPSA) is 93.9 Å². The molecule has 24 heavy (non-hydrogen) atoms. The van der Waals surface area contributed by atoms with Gasteiger partial charge in [0.2, 0.25) is 6.79 Å². The molecule has 1 amide bonds. The number of hydrogen-bond acceptors (Lipinski definition) is 6. The lowest BCUT2D eigenvalue weighted by atomic mass is 10.1. The summed E-state index contributed by atoms with van der Waals surface area (Å²) in [5, 5.41) is 13.7. The Balaban J connectivity index is 1.91. The second-order valence-corrected chi connectivity index (χ2v) is 5.38. The Kier molecular flexibility index (Phi) is 3.95. The molecule has 0 bridgehead atoms. The Morgan fingerprint density at radius 1 is 1.17 bits per heavy atom. The molecule has 0 radical (unpaired) electrons. The average Bonchev–Trinajstić information content (AvgIpc) is 3.01. The van der Waals surface area contributed by atoms with E-state index in [-0.39, 0.29) is 18.0 Å². The van der Waals surface area contributed by atoms with Gasteiger partial charge in [-0.3, -0.25) is 14.9 Å². The predicted molar refractivity (Wildman–Crippen MR) is 87.9 cm³/mol. The van der Waals surface area contributed by atoms with E-state index in [1.54, 1.807) is 43.3 Å². The van der Waals surface area contributed by atoms with Crippen LogP contribution in [0.15, 0.2) is 36.4 Å². The van der Waals surface area contributed by atoms with Gasteiger partial charge in [-0.2, -0.15) is 0 Å². The highest BCUT2D eigenvalue weighted by atomic mass is 16.7. The van der Waals surface area contributed by atoms with Crippen LogP contribution in [-0.2, 0) is 0 Å². The molecule has 1 aliphatic heterocycles. The van der Waals surface area contributed by atoms with Crippen molar-refractivity contribution in [1.82, 2.24) is 0 Å². The van der Waals surface area contributed by atoms with Crippen molar-refractivity contribution in [3.8, 4) is 11.5 Å². The maximum atomic E-state index is 12.6. The molecule has 2 aromatic rings. The van der Waals surface area contributed by atoms with Crippen molar-refractivity contribution in [2.24, 2.45) is 0 Å². The van der Waals surface area contributed by atoms with Gasteiger partial charge in [0, 0.05) is 43.7 Å². The first kappa shape index (κ1) is 15.6. The molecule has 124 valence electrons. The molecular weight excluding hydrogens is 314 g/mol. The van der Waals surface area contributed by atoms with E-state index in [0.29, 0.717) is 22.9 Å². The standard InChI is InChI=1S/C16H15N3O5/c1-18(2)13-5-4-11(19(21)22)8-12(13)16(20)17-10-3-6-14-15(7-10)24-9-23-14/h3-8H,9H2,1-2H3,(H,17,20). The highest BCUT2D eigenvalue weighted by molar-refractivity contribution is 6.08. The van der Waals surface area contributed by atoms with Gasteiger partial charge < -0.3 is 19.7 Å². The highest BCUT2D eigenvalue weighted by Crippen LogP contribution is 2.34. The molecular formula is C16H15N3O5. The van der Waals surface area contributed by atoms with Crippen LogP contribution < -0.4 is 19.7 Å². The number of amides is 1. The van der Waals surface area contributed by atoms with Crippen molar-refractivity contribution in [2.45, 2.75) is 0 Å². The lowest BCUT2D eigenvalue weighted by molar-refractivity contribution is -0.384. The first-order valence-electron chi connectivity index (χ1n) is 7.12. The summed E-state index contributed by atoms with van der Waals surface area (Å²) in [6.07, 6.45) is 0. The Morgan fingerprint density at radius 2 is 1.92 bits per heavy atom. The molecule has 0 spiro atoms. The van der Waals surface area contributed by atoms with E-state index in [2.05, 4.69) is 5.32 Å². The number of anilines is 2. The van der Waals surface area contributed by atoms with E-state index >= 15 is 0 Å². The Labute approximate surface area is 137 Å².